The number of anilines is 1. The lowest BCUT2D eigenvalue weighted by molar-refractivity contribution is 0.202. The zero-order valence-electron chi connectivity index (χ0n) is 25.4. The van der Waals surface area contributed by atoms with Crippen LogP contribution in [-0.2, 0) is 6.54 Å². The Kier molecular flexibility index (Phi) is 9.18. The molecule has 0 amide bonds. The second-order valence-corrected chi connectivity index (χ2v) is 11.6. The van der Waals surface area contributed by atoms with E-state index < -0.39 is 0 Å². The van der Waals surface area contributed by atoms with Crippen molar-refractivity contribution in [2.75, 3.05) is 31.6 Å². The van der Waals surface area contributed by atoms with Gasteiger partial charge in [0.25, 0.3) is 0 Å². The monoisotopic (exact) mass is 567 g/mol. The Balaban J connectivity index is 1.18. The number of methoxy groups -OCH3 is 1. The molecule has 1 saturated heterocycles. The van der Waals surface area contributed by atoms with E-state index in [1.807, 2.05) is 6.20 Å². The number of aromatic nitrogens is 1. The molecule has 1 fully saturated rings. The topological polar surface area (TPSA) is 28.6 Å². The van der Waals surface area contributed by atoms with Crippen molar-refractivity contribution in [2.45, 2.75) is 45.2 Å². The van der Waals surface area contributed by atoms with Crippen molar-refractivity contribution >= 4 is 16.8 Å². The van der Waals surface area contributed by atoms with Crippen molar-refractivity contribution in [3.05, 3.63) is 143 Å². The number of piperidine rings is 1. The Labute approximate surface area is 256 Å². The fourth-order valence-electron chi connectivity index (χ4n) is 6.29. The summed E-state index contributed by atoms with van der Waals surface area (Å²) in [6, 6.07) is 24.1. The van der Waals surface area contributed by atoms with Gasteiger partial charge in [0.1, 0.15) is 5.75 Å². The van der Waals surface area contributed by atoms with E-state index >= 15 is 0 Å². The van der Waals surface area contributed by atoms with Gasteiger partial charge in [-0.05, 0) is 121 Å². The van der Waals surface area contributed by atoms with E-state index in [0.717, 1.165) is 68.9 Å². The van der Waals surface area contributed by atoms with Crippen LogP contribution in [0.1, 0.15) is 49.4 Å². The van der Waals surface area contributed by atoms with Crippen molar-refractivity contribution in [3.8, 4) is 5.75 Å². The maximum absolute atomic E-state index is 5.48. The summed E-state index contributed by atoms with van der Waals surface area (Å²) >= 11 is 0. The molecule has 0 radical (unpaired) electrons. The van der Waals surface area contributed by atoms with Crippen LogP contribution < -0.4 is 9.64 Å². The summed E-state index contributed by atoms with van der Waals surface area (Å²) < 4.78 is 5.48. The number of hydrogen-bond donors (Lipinski definition) is 0. The van der Waals surface area contributed by atoms with Crippen LogP contribution in [0.25, 0.3) is 11.1 Å². The molecule has 0 saturated carbocycles. The van der Waals surface area contributed by atoms with Gasteiger partial charge in [-0.2, -0.15) is 0 Å². The maximum atomic E-state index is 5.48. The van der Waals surface area contributed by atoms with Crippen LogP contribution in [0.4, 0.5) is 5.69 Å². The fraction of sp³-hybridized carbons (Fsp3) is 0.282. The molecule has 2 heterocycles. The first kappa shape index (κ1) is 28.7. The molecule has 1 aliphatic heterocycles. The number of rotatable bonds is 9. The van der Waals surface area contributed by atoms with Gasteiger partial charge in [-0.15, -0.1) is 5.73 Å². The van der Waals surface area contributed by atoms with Gasteiger partial charge in [0.05, 0.1) is 12.8 Å². The molecule has 43 heavy (non-hydrogen) atoms. The normalized spacial score (nSPS) is 17.4. The zero-order chi connectivity index (χ0) is 29.4. The van der Waals surface area contributed by atoms with E-state index in [2.05, 4.69) is 131 Å². The third-order valence-electron chi connectivity index (χ3n) is 8.69. The van der Waals surface area contributed by atoms with Crippen LogP contribution in [-0.4, -0.2) is 42.7 Å². The largest absolute Gasteiger partial charge is 0.497 e. The average molecular weight is 568 g/mol. The van der Waals surface area contributed by atoms with Gasteiger partial charge >= 0.3 is 0 Å². The van der Waals surface area contributed by atoms with E-state index in [9.17, 15) is 0 Å². The van der Waals surface area contributed by atoms with Crippen molar-refractivity contribution in [1.29, 1.82) is 0 Å². The Morgan fingerprint density at radius 2 is 1.81 bits per heavy atom. The van der Waals surface area contributed by atoms with Gasteiger partial charge in [-0.3, -0.25) is 9.88 Å². The smallest absolute Gasteiger partial charge is 0.119 e. The van der Waals surface area contributed by atoms with E-state index in [1.165, 1.54) is 33.5 Å². The van der Waals surface area contributed by atoms with Crippen LogP contribution in [0.5, 0.6) is 5.75 Å². The number of pyridine rings is 1. The van der Waals surface area contributed by atoms with Gasteiger partial charge in [-0.25, -0.2) is 0 Å². The van der Waals surface area contributed by atoms with E-state index in [1.54, 1.807) is 7.11 Å². The van der Waals surface area contributed by atoms with Crippen LogP contribution in [0.15, 0.2) is 126 Å². The predicted molar refractivity (Wildman–Crippen MR) is 179 cm³/mol. The fourth-order valence-corrected chi connectivity index (χ4v) is 6.29. The molecule has 4 heteroatoms. The lowest BCUT2D eigenvalue weighted by atomic mass is 9.96. The summed E-state index contributed by atoms with van der Waals surface area (Å²) in [7, 11) is 1.73. The molecule has 3 aromatic rings. The quantitative estimate of drug-likeness (QED) is 0.243. The molecule has 2 aromatic carbocycles. The molecule has 0 bridgehead atoms. The van der Waals surface area contributed by atoms with Gasteiger partial charge in [0.2, 0.25) is 0 Å². The highest BCUT2D eigenvalue weighted by Crippen LogP contribution is 2.31. The number of benzene rings is 2. The van der Waals surface area contributed by atoms with E-state index in [4.69, 9.17) is 4.74 Å². The van der Waals surface area contributed by atoms with Gasteiger partial charge < -0.3 is 9.64 Å². The minimum absolute atomic E-state index is 0.450. The van der Waals surface area contributed by atoms with Crippen LogP contribution in [0.3, 0.4) is 0 Å². The minimum Gasteiger partial charge on any atom is -0.497 e. The van der Waals surface area contributed by atoms with Crippen molar-refractivity contribution < 1.29 is 4.74 Å². The van der Waals surface area contributed by atoms with Crippen LogP contribution >= 0.6 is 0 Å². The number of hydrogen-bond acceptors (Lipinski definition) is 4. The standard InChI is InChI=1S/C39H41N3O/c1-30-10-9-11-31(26-38(30)33-12-5-3-6-13-33)29-42(35-16-18-37(43-2)19-17-35)36-21-24-41(25-22-36)28-32-20-23-40-39(27-32)34-14-7-4-8-15-34/h3,5-7,9,11-20,23,26-27,36H,4,8,21-22,24-25,28-29H2,1-2H3. The zero-order valence-corrected chi connectivity index (χ0v) is 25.4. The Morgan fingerprint density at radius 3 is 2.56 bits per heavy atom. The highest BCUT2D eigenvalue weighted by molar-refractivity contribution is 5.81. The number of allylic oxidation sites excluding steroid dienone is 7. The number of likely N-dealkylation sites (tertiary alicyclic amines) is 1. The van der Waals surface area contributed by atoms with E-state index in [-0.39, 0.29) is 0 Å². The third kappa shape index (κ3) is 7.17. The van der Waals surface area contributed by atoms with Crippen LogP contribution in [0, 0.1) is 0 Å². The lowest BCUT2D eigenvalue weighted by Crippen LogP contribution is -2.45. The lowest BCUT2D eigenvalue weighted by Gasteiger charge is -2.40. The molecule has 4 nitrogen and oxygen atoms in total. The van der Waals surface area contributed by atoms with Crippen LogP contribution in [0.2, 0.25) is 0 Å². The first-order chi connectivity index (χ1) is 21.2. The molecule has 3 aliphatic rings. The summed E-state index contributed by atoms with van der Waals surface area (Å²) in [6.45, 7) is 6.10. The molecule has 2 aliphatic carbocycles. The molecule has 0 spiro atoms. The summed E-state index contributed by atoms with van der Waals surface area (Å²) in [4.78, 5) is 9.85. The first-order valence-electron chi connectivity index (χ1n) is 15.5. The summed E-state index contributed by atoms with van der Waals surface area (Å²) in [5.41, 5.74) is 13.3. The highest BCUT2D eigenvalue weighted by Gasteiger charge is 2.26. The second kappa shape index (κ2) is 13.7. The Morgan fingerprint density at radius 1 is 1.00 bits per heavy atom. The summed E-state index contributed by atoms with van der Waals surface area (Å²) in [6.07, 6.45) is 19.9. The first-order valence-corrected chi connectivity index (χ1v) is 15.5. The third-order valence-corrected chi connectivity index (χ3v) is 8.69. The SMILES string of the molecule is COc1ccc(N(CC2=CC=C=C(C)C(c3ccccc3)=C2)C2CCN(Cc3ccnc(C4=CCCC=C4)c3)CC2)cc1. The molecular weight excluding hydrogens is 526 g/mol. The molecule has 0 atom stereocenters. The van der Waals surface area contributed by atoms with Crippen molar-refractivity contribution in [1.82, 2.24) is 9.88 Å². The highest BCUT2D eigenvalue weighted by atomic mass is 16.5. The molecule has 1 aromatic heterocycles. The van der Waals surface area contributed by atoms with Crippen molar-refractivity contribution in [2.24, 2.45) is 0 Å². The number of ether oxygens (including phenoxy) is 1. The average Bonchev–Trinajstić information content (AvgIpc) is 3.26. The van der Waals surface area contributed by atoms with Gasteiger partial charge in [0.15, 0.2) is 0 Å². The molecule has 218 valence electrons. The predicted octanol–water partition coefficient (Wildman–Crippen LogP) is 8.42. The second-order valence-electron chi connectivity index (χ2n) is 11.6. The number of nitrogens with zero attached hydrogens (tertiary/aromatic N) is 3. The van der Waals surface area contributed by atoms with E-state index in [0.29, 0.717) is 6.04 Å². The summed E-state index contributed by atoms with van der Waals surface area (Å²) in [5, 5.41) is 0. The minimum atomic E-state index is 0.450. The molecule has 0 unspecified atom stereocenters. The molecular formula is C39H41N3O. The summed E-state index contributed by atoms with van der Waals surface area (Å²) in [5.74, 6) is 0.886. The van der Waals surface area contributed by atoms with Crippen molar-refractivity contribution in [3.63, 3.8) is 0 Å². The molecule has 0 N–H and O–H groups in total. The maximum Gasteiger partial charge on any atom is 0.119 e. The Hall–Kier alpha value is -4.37. The Bertz CT molecular complexity index is 1600. The van der Waals surface area contributed by atoms with Gasteiger partial charge in [-0.1, -0.05) is 48.6 Å². The van der Waals surface area contributed by atoms with Gasteiger partial charge in [0, 0.05) is 44.1 Å². The molecule has 6 rings (SSSR count).